The molecule has 15 heavy (non-hydrogen) atoms. The molecule has 1 aliphatic rings. The molecule has 1 fully saturated rings. The van der Waals surface area contributed by atoms with Crippen molar-refractivity contribution in [3.8, 4) is 6.07 Å². The summed E-state index contributed by atoms with van der Waals surface area (Å²) in [6.45, 7) is 1.04. The van der Waals surface area contributed by atoms with Crippen molar-refractivity contribution in [3.05, 3.63) is 28.5 Å². The highest BCUT2D eigenvalue weighted by atomic mass is 35.5. The van der Waals surface area contributed by atoms with E-state index in [1.807, 2.05) is 6.07 Å². The van der Waals surface area contributed by atoms with E-state index in [1.54, 1.807) is 6.20 Å². The second-order valence-electron chi connectivity index (χ2n) is 3.72. The van der Waals surface area contributed by atoms with E-state index >= 15 is 0 Å². The van der Waals surface area contributed by atoms with E-state index in [0.717, 1.165) is 18.5 Å². The summed E-state index contributed by atoms with van der Waals surface area (Å²) in [6, 6.07) is 4.21. The number of nitriles is 1. The predicted octanol–water partition coefficient (Wildman–Crippen LogP) is 2.42. The average Bonchev–Trinajstić information content (AvgIpc) is 2.31. The van der Waals surface area contributed by atoms with Crippen molar-refractivity contribution in [2.24, 2.45) is 0 Å². The maximum atomic E-state index is 8.85. The van der Waals surface area contributed by atoms with Crippen LogP contribution in [0.25, 0.3) is 0 Å². The highest BCUT2D eigenvalue weighted by Crippen LogP contribution is 2.24. The summed E-state index contributed by atoms with van der Waals surface area (Å²) < 4.78 is 0. The first kappa shape index (κ1) is 10.4. The Hall–Kier alpha value is -1.11. The Balaban J connectivity index is 2.25. The van der Waals surface area contributed by atoms with Gasteiger partial charge in [-0.15, -0.1) is 0 Å². The Morgan fingerprint density at radius 1 is 1.53 bits per heavy atom. The van der Waals surface area contributed by atoms with Gasteiger partial charge in [0.2, 0.25) is 0 Å². The van der Waals surface area contributed by atoms with Gasteiger partial charge in [0.05, 0.1) is 5.56 Å². The molecule has 0 amide bonds. The lowest BCUT2D eigenvalue weighted by molar-refractivity contribution is 0.411. The number of nitrogens with one attached hydrogen (secondary N) is 1. The molecule has 0 aliphatic carbocycles. The molecule has 1 aliphatic heterocycles. The smallest absolute Gasteiger partial charge is 0.146 e. The Labute approximate surface area is 94.1 Å². The highest BCUT2D eigenvalue weighted by molar-refractivity contribution is 6.30. The number of rotatable bonds is 1. The Morgan fingerprint density at radius 2 is 2.40 bits per heavy atom. The molecule has 0 radical (unpaired) electrons. The molecule has 1 atom stereocenters. The molecule has 4 heteroatoms. The van der Waals surface area contributed by atoms with E-state index in [9.17, 15) is 0 Å². The lowest BCUT2D eigenvalue weighted by atomic mass is 9.98. The predicted molar refractivity (Wildman–Crippen MR) is 58.6 cm³/mol. The van der Waals surface area contributed by atoms with Gasteiger partial charge >= 0.3 is 0 Å². The number of hydrogen-bond acceptors (Lipinski definition) is 3. The van der Waals surface area contributed by atoms with Gasteiger partial charge in [0.15, 0.2) is 0 Å². The zero-order valence-corrected chi connectivity index (χ0v) is 9.09. The van der Waals surface area contributed by atoms with Crippen LogP contribution in [-0.4, -0.2) is 11.5 Å². The van der Waals surface area contributed by atoms with E-state index in [-0.39, 0.29) is 5.15 Å². The van der Waals surface area contributed by atoms with Crippen LogP contribution < -0.4 is 5.32 Å². The Morgan fingerprint density at radius 3 is 3.07 bits per heavy atom. The zero-order chi connectivity index (χ0) is 10.7. The summed E-state index contributed by atoms with van der Waals surface area (Å²) in [5.74, 6) is 0. The van der Waals surface area contributed by atoms with Crippen molar-refractivity contribution < 1.29 is 0 Å². The number of piperidine rings is 1. The molecule has 78 valence electrons. The van der Waals surface area contributed by atoms with Crippen molar-refractivity contribution in [1.29, 1.82) is 5.26 Å². The van der Waals surface area contributed by atoms with Crippen LogP contribution >= 0.6 is 11.6 Å². The molecule has 0 bridgehead atoms. The Bertz CT molecular complexity index is 391. The van der Waals surface area contributed by atoms with Crippen molar-refractivity contribution >= 4 is 11.6 Å². The fourth-order valence-electron chi connectivity index (χ4n) is 1.87. The van der Waals surface area contributed by atoms with Crippen molar-refractivity contribution in [2.45, 2.75) is 25.3 Å². The fourth-order valence-corrected chi connectivity index (χ4v) is 2.02. The van der Waals surface area contributed by atoms with Gasteiger partial charge in [-0.1, -0.05) is 18.0 Å². The molecule has 2 rings (SSSR count). The van der Waals surface area contributed by atoms with Crippen LogP contribution in [0.5, 0.6) is 0 Å². The summed E-state index contributed by atoms with van der Waals surface area (Å²) in [7, 11) is 0. The van der Waals surface area contributed by atoms with Gasteiger partial charge in [-0.05, 0) is 31.0 Å². The quantitative estimate of drug-likeness (QED) is 0.741. The molecule has 1 aromatic rings. The molecule has 1 aromatic heterocycles. The molecule has 1 saturated heterocycles. The topological polar surface area (TPSA) is 48.7 Å². The zero-order valence-electron chi connectivity index (χ0n) is 8.33. The van der Waals surface area contributed by atoms with Crippen LogP contribution in [0.1, 0.15) is 36.4 Å². The van der Waals surface area contributed by atoms with Gasteiger partial charge in [-0.2, -0.15) is 5.26 Å². The normalized spacial score (nSPS) is 20.9. The molecule has 0 spiro atoms. The van der Waals surface area contributed by atoms with E-state index in [4.69, 9.17) is 16.9 Å². The molecular formula is C11H12ClN3. The summed E-state index contributed by atoms with van der Waals surface area (Å²) in [6.07, 6.45) is 5.31. The number of halogens is 1. The SMILES string of the molecule is N#Cc1cc(C2CCCCN2)cnc1Cl. The van der Waals surface area contributed by atoms with Crippen LogP contribution in [0.2, 0.25) is 5.15 Å². The summed E-state index contributed by atoms with van der Waals surface area (Å²) in [4.78, 5) is 4.03. The monoisotopic (exact) mass is 221 g/mol. The van der Waals surface area contributed by atoms with Crippen LogP contribution in [0.4, 0.5) is 0 Å². The van der Waals surface area contributed by atoms with Crippen molar-refractivity contribution in [2.75, 3.05) is 6.54 Å². The minimum atomic E-state index is 0.289. The van der Waals surface area contributed by atoms with Gasteiger partial charge in [0.25, 0.3) is 0 Å². The lowest BCUT2D eigenvalue weighted by Crippen LogP contribution is -2.26. The van der Waals surface area contributed by atoms with Gasteiger partial charge in [-0.3, -0.25) is 0 Å². The maximum Gasteiger partial charge on any atom is 0.146 e. The second kappa shape index (κ2) is 4.61. The first-order valence-corrected chi connectivity index (χ1v) is 5.48. The van der Waals surface area contributed by atoms with Crippen molar-refractivity contribution in [3.63, 3.8) is 0 Å². The summed E-state index contributed by atoms with van der Waals surface area (Å²) in [5, 5.41) is 12.5. The third-order valence-electron chi connectivity index (χ3n) is 2.69. The van der Waals surface area contributed by atoms with E-state index in [1.165, 1.54) is 12.8 Å². The lowest BCUT2D eigenvalue weighted by Gasteiger charge is -2.23. The third kappa shape index (κ3) is 2.28. The number of hydrogen-bond donors (Lipinski definition) is 1. The molecule has 0 saturated carbocycles. The molecule has 0 aromatic carbocycles. The largest absolute Gasteiger partial charge is 0.310 e. The minimum absolute atomic E-state index is 0.289. The van der Waals surface area contributed by atoms with Crippen LogP contribution in [0.15, 0.2) is 12.3 Å². The number of nitrogens with zero attached hydrogens (tertiary/aromatic N) is 2. The van der Waals surface area contributed by atoms with E-state index in [2.05, 4.69) is 16.4 Å². The summed E-state index contributed by atoms with van der Waals surface area (Å²) >= 11 is 5.78. The van der Waals surface area contributed by atoms with Gasteiger partial charge < -0.3 is 5.32 Å². The maximum absolute atomic E-state index is 8.85. The van der Waals surface area contributed by atoms with Gasteiger partial charge in [0.1, 0.15) is 11.2 Å². The standard InChI is InChI=1S/C11H12ClN3/c12-11-8(6-13)5-9(7-15-11)10-3-1-2-4-14-10/h5,7,10,14H,1-4H2. The molecule has 1 N–H and O–H groups in total. The summed E-state index contributed by atoms with van der Waals surface area (Å²) in [5.41, 5.74) is 1.53. The average molecular weight is 222 g/mol. The highest BCUT2D eigenvalue weighted by Gasteiger charge is 2.16. The minimum Gasteiger partial charge on any atom is -0.310 e. The van der Waals surface area contributed by atoms with Crippen LogP contribution in [-0.2, 0) is 0 Å². The van der Waals surface area contributed by atoms with Crippen LogP contribution in [0.3, 0.4) is 0 Å². The van der Waals surface area contributed by atoms with Crippen molar-refractivity contribution in [1.82, 2.24) is 10.3 Å². The van der Waals surface area contributed by atoms with E-state index in [0.29, 0.717) is 11.6 Å². The number of pyridine rings is 1. The first-order chi connectivity index (χ1) is 7.31. The Kier molecular flexibility index (Phi) is 3.20. The molecule has 1 unspecified atom stereocenters. The van der Waals surface area contributed by atoms with Gasteiger partial charge in [-0.25, -0.2) is 4.98 Å². The second-order valence-corrected chi connectivity index (χ2v) is 4.08. The molecule has 2 heterocycles. The number of aromatic nitrogens is 1. The van der Waals surface area contributed by atoms with Crippen LogP contribution in [0, 0.1) is 11.3 Å². The first-order valence-electron chi connectivity index (χ1n) is 5.10. The van der Waals surface area contributed by atoms with Gasteiger partial charge in [0, 0.05) is 12.2 Å². The fraction of sp³-hybridized carbons (Fsp3) is 0.455. The van der Waals surface area contributed by atoms with E-state index < -0.39 is 0 Å². The molecule has 3 nitrogen and oxygen atoms in total. The molecular weight excluding hydrogens is 210 g/mol. The third-order valence-corrected chi connectivity index (χ3v) is 2.99.